The predicted octanol–water partition coefficient (Wildman–Crippen LogP) is 4.94. The van der Waals surface area contributed by atoms with Crippen molar-refractivity contribution in [3.63, 3.8) is 0 Å². The molecule has 6 heteroatoms. The monoisotopic (exact) mass is 314 g/mol. The number of nitrogens with zero attached hydrogens (tertiary/aromatic N) is 1. The van der Waals surface area contributed by atoms with Crippen LogP contribution >= 0.6 is 35.0 Å². The SMILES string of the molecule is CNc1nc(Oc2ccccc2SC)c(Cl)cc1Cl. The largest absolute Gasteiger partial charge is 0.436 e. The van der Waals surface area contributed by atoms with Crippen LogP contribution in [0.5, 0.6) is 11.6 Å². The van der Waals surface area contributed by atoms with Crippen LogP contribution in [-0.4, -0.2) is 18.3 Å². The topological polar surface area (TPSA) is 34.2 Å². The third kappa shape index (κ3) is 3.26. The van der Waals surface area contributed by atoms with Gasteiger partial charge in [-0.05, 0) is 24.5 Å². The highest BCUT2D eigenvalue weighted by Gasteiger charge is 2.12. The van der Waals surface area contributed by atoms with E-state index in [1.807, 2.05) is 30.5 Å². The predicted molar refractivity (Wildman–Crippen MR) is 82.1 cm³/mol. The summed E-state index contributed by atoms with van der Waals surface area (Å²) in [4.78, 5) is 5.27. The molecular formula is C13H12Cl2N2OS. The first-order chi connectivity index (χ1) is 9.15. The van der Waals surface area contributed by atoms with Gasteiger partial charge in [0, 0.05) is 11.9 Å². The molecule has 2 rings (SSSR count). The van der Waals surface area contributed by atoms with E-state index in [1.165, 1.54) is 0 Å². The Morgan fingerprint density at radius 2 is 1.95 bits per heavy atom. The van der Waals surface area contributed by atoms with Gasteiger partial charge in [0.05, 0.1) is 5.02 Å². The molecule has 1 heterocycles. The summed E-state index contributed by atoms with van der Waals surface area (Å²) in [5.41, 5.74) is 0. The van der Waals surface area contributed by atoms with Crippen LogP contribution in [0, 0.1) is 0 Å². The summed E-state index contributed by atoms with van der Waals surface area (Å²) in [6.45, 7) is 0. The number of hydrogen-bond donors (Lipinski definition) is 1. The fourth-order valence-corrected chi connectivity index (χ4v) is 2.52. The summed E-state index contributed by atoms with van der Waals surface area (Å²) in [7, 11) is 1.74. The Hall–Kier alpha value is -1.10. The number of pyridine rings is 1. The molecular weight excluding hydrogens is 303 g/mol. The molecule has 1 aromatic heterocycles. The van der Waals surface area contributed by atoms with E-state index < -0.39 is 0 Å². The molecule has 0 radical (unpaired) electrons. The molecule has 0 aliphatic rings. The summed E-state index contributed by atoms with van der Waals surface area (Å²) in [6.07, 6.45) is 1.98. The Kier molecular flexibility index (Phi) is 4.80. The minimum atomic E-state index is 0.330. The molecule has 3 nitrogen and oxygen atoms in total. The fourth-order valence-electron chi connectivity index (χ4n) is 1.50. The standard InChI is InChI=1S/C13H12Cl2N2OS/c1-16-12-8(14)7-9(15)13(17-12)18-10-5-3-4-6-11(10)19-2/h3-7H,1-2H3,(H,16,17). The van der Waals surface area contributed by atoms with Crippen molar-refractivity contribution in [1.29, 1.82) is 0 Å². The summed E-state index contributed by atoms with van der Waals surface area (Å²) >= 11 is 13.7. The second-order valence-corrected chi connectivity index (χ2v) is 5.27. The molecule has 19 heavy (non-hydrogen) atoms. The second-order valence-electron chi connectivity index (χ2n) is 3.61. The van der Waals surface area contributed by atoms with Crippen molar-refractivity contribution in [2.75, 3.05) is 18.6 Å². The Morgan fingerprint density at radius 1 is 1.21 bits per heavy atom. The highest BCUT2D eigenvalue weighted by Crippen LogP contribution is 2.36. The van der Waals surface area contributed by atoms with Crippen LogP contribution in [0.3, 0.4) is 0 Å². The number of thioether (sulfide) groups is 1. The zero-order valence-corrected chi connectivity index (χ0v) is 12.7. The number of nitrogens with one attached hydrogen (secondary N) is 1. The van der Waals surface area contributed by atoms with Gasteiger partial charge in [-0.2, -0.15) is 4.98 Å². The molecule has 0 saturated heterocycles. The van der Waals surface area contributed by atoms with Gasteiger partial charge in [0.2, 0.25) is 5.88 Å². The molecule has 2 aromatic rings. The highest BCUT2D eigenvalue weighted by atomic mass is 35.5. The minimum absolute atomic E-state index is 0.330. The summed E-state index contributed by atoms with van der Waals surface area (Å²) in [5, 5.41) is 3.72. The maximum atomic E-state index is 6.10. The van der Waals surface area contributed by atoms with Crippen molar-refractivity contribution in [3.05, 3.63) is 40.4 Å². The maximum Gasteiger partial charge on any atom is 0.240 e. The van der Waals surface area contributed by atoms with Crippen LogP contribution in [0.1, 0.15) is 0 Å². The molecule has 0 unspecified atom stereocenters. The van der Waals surface area contributed by atoms with E-state index in [0.717, 1.165) is 4.90 Å². The zero-order valence-electron chi connectivity index (χ0n) is 10.4. The fraction of sp³-hybridized carbons (Fsp3) is 0.154. The molecule has 0 bridgehead atoms. The Labute approximate surface area is 126 Å². The van der Waals surface area contributed by atoms with E-state index in [-0.39, 0.29) is 0 Å². The van der Waals surface area contributed by atoms with Crippen molar-refractivity contribution in [2.45, 2.75) is 4.90 Å². The van der Waals surface area contributed by atoms with Gasteiger partial charge in [0.1, 0.15) is 16.6 Å². The molecule has 0 aliphatic heterocycles. The van der Waals surface area contributed by atoms with Crippen molar-refractivity contribution >= 4 is 40.8 Å². The number of ether oxygens (including phenoxy) is 1. The van der Waals surface area contributed by atoms with E-state index in [0.29, 0.717) is 27.5 Å². The third-order valence-electron chi connectivity index (χ3n) is 2.41. The van der Waals surface area contributed by atoms with Crippen molar-refractivity contribution in [1.82, 2.24) is 4.98 Å². The number of rotatable bonds is 4. The lowest BCUT2D eigenvalue weighted by atomic mass is 10.3. The van der Waals surface area contributed by atoms with Crippen LogP contribution in [0.25, 0.3) is 0 Å². The van der Waals surface area contributed by atoms with Gasteiger partial charge < -0.3 is 10.1 Å². The quantitative estimate of drug-likeness (QED) is 0.810. The lowest BCUT2D eigenvalue weighted by Crippen LogP contribution is -1.97. The lowest BCUT2D eigenvalue weighted by molar-refractivity contribution is 0.453. The van der Waals surface area contributed by atoms with Gasteiger partial charge in [-0.15, -0.1) is 11.8 Å². The molecule has 0 spiro atoms. The van der Waals surface area contributed by atoms with Gasteiger partial charge in [-0.3, -0.25) is 0 Å². The molecule has 100 valence electrons. The zero-order chi connectivity index (χ0) is 13.8. The van der Waals surface area contributed by atoms with Crippen molar-refractivity contribution in [3.8, 4) is 11.6 Å². The molecule has 1 aromatic carbocycles. The Morgan fingerprint density at radius 3 is 2.63 bits per heavy atom. The van der Waals surface area contributed by atoms with E-state index >= 15 is 0 Å². The Balaban J connectivity index is 2.38. The lowest BCUT2D eigenvalue weighted by Gasteiger charge is -2.11. The molecule has 1 N–H and O–H groups in total. The number of hydrogen-bond acceptors (Lipinski definition) is 4. The smallest absolute Gasteiger partial charge is 0.240 e. The summed E-state index contributed by atoms with van der Waals surface area (Å²) in [6, 6.07) is 9.31. The number of benzene rings is 1. The van der Waals surface area contributed by atoms with E-state index in [2.05, 4.69) is 10.3 Å². The minimum Gasteiger partial charge on any atom is -0.436 e. The highest BCUT2D eigenvalue weighted by molar-refractivity contribution is 7.98. The molecule has 0 atom stereocenters. The van der Waals surface area contributed by atoms with Crippen LogP contribution in [0.15, 0.2) is 35.2 Å². The van der Waals surface area contributed by atoms with E-state index in [1.54, 1.807) is 24.9 Å². The third-order valence-corrected chi connectivity index (χ3v) is 3.75. The second kappa shape index (κ2) is 6.37. The van der Waals surface area contributed by atoms with Crippen molar-refractivity contribution < 1.29 is 4.74 Å². The first kappa shape index (κ1) is 14.3. The van der Waals surface area contributed by atoms with Gasteiger partial charge in [0.15, 0.2) is 0 Å². The van der Waals surface area contributed by atoms with Crippen LogP contribution in [0.4, 0.5) is 5.82 Å². The van der Waals surface area contributed by atoms with Crippen molar-refractivity contribution in [2.24, 2.45) is 0 Å². The van der Waals surface area contributed by atoms with Crippen LogP contribution < -0.4 is 10.1 Å². The summed E-state index contributed by atoms with van der Waals surface area (Å²) in [5.74, 6) is 1.58. The van der Waals surface area contributed by atoms with E-state index in [9.17, 15) is 0 Å². The molecule has 0 saturated carbocycles. The van der Waals surface area contributed by atoms with Gasteiger partial charge in [-0.25, -0.2) is 0 Å². The van der Waals surface area contributed by atoms with E-state index in [4.69, 9.17) is 27.9 Å². The van der Waals surface area contributed by atoms with Gasteiger partial charge in [-0.1, -0.05) is 35.3 Å². The average Bonchev–Trinajstić information content (AvgIpc) is 2.42. The maximum absolute atomic E-state index is 6.10. The summed E-state index contributed by atoms with van der Waals surface area (Å²) < 4.78 is 5.77. The first-order valence-electron chi connectivity index (χ1n) is 5.50. The number of para-hydroxylation sites is 1. The average molecular weight is 315 g/mol. The van der Waals surface area contributed by atoms with Gasteiger partial charge >= 0.3 is 0 Å². The van der Waals surface area contributed by atoms with Crippen LogP contribution in [-0.2, 0) is 0 Å². The normalized spacial score (nSPS) is 10.3. The molecule has 0 amide bonds. The Bertz CT molecular complexity index is 593. The number of anilines is 1. The molecule has 0 fully saturated rings. The van der Waals surface area contributed by atoms with Gasteiger partial charge in [0.25, 0.3) is 0 Å². The van der Waals surface area contributed by atoms with Crippen LogP contribution in [0.2, 0.25) is 10.0 Å². The number of aromatic nitrogens is 1. The molecule has 0 aliphatic carbocycles. The first-order valence-corrected chi connectivity index (χ1v) is 7.48. The number of halogens is 2.